The number of hydrogen-bond donors (Lipinski definition) is 2. The Bertz CT molecular complexity index is 1180. The Morgan fingerprint density at radius 3 is 2.54 bits per heavy atom. The molecule has 3 rings (SSSR count). The zero-order valence-corrected chi connectivity index (χ0v) is 23.3. The first-order chi connectivity index (χ1) is 18.5. The Labute approximate surface area is 231 Å². The van der Waals surface area contributed by atoms with Crippen LogP contribution < -0.4 is 10.6 Å². The molecule has 2 atom stereocenters. The number of halogens is 2. The number of carbonyl (C=O) groups is 3. The molecule has 3 heterocycles. The summed E-state index contributed by atoms with van der Waals surface area (Å²) in [6.45, 7) is 7.19. The molecule has 1 fully saturated rings. The standard InChI is InChI=1S/C26H34ClFN6O5/c1-5-38-21(36)13-17-9-6-8-16(34(17)25(37)39-26(2,3)4)12-20(35)33-22-23(27)31-15-32-24(22)30-14-19-18(28)10-7-11-29-19/h7,10-11,15-17H,5-6,8-9,12-14H2,1-4H3,(H,33,35)(H,30,31,32). The second-order valence-electron chi connectivity index (χ2n) is 10.1. The van der Waals surface area contributed by atoms with Crippen LogP contribution in [0.3, 0.4) is 0 Å². The molecule has 0 saturated carbocycles. The van der Waals surface area contributed by atoms with Crippen LogP contribution >= 0.6 is 11.6 Å². The molecule has 1 aliphatic rings. The number of aromatic nitrogens is 3. The lowest BCUT2D eigenvalue weighted by atomic mass is 9.92. The first-order valence-electron chi connectivity index (χ1n) is 12.8. The highest BCUT2D eigenvalue weighted by Gasteiger charge is 2.39. The molecule has 2 amide bonds. The van der Waals surface area contributed by atoms with Crippen LogP contribution in [-0.2, 0) is 25.6 Å². The molecule has 0 radical (unpaired) electrons. The van der Waals surface area contributed by atoms with Crippen molar-refractivity contribution in [2.24, 2.45) is 0 Å². The molecule has 2 unspecified atom stereocenters. The van der Waals surface area contributed by atoms with E-state index >= 15 is 0 Å². The van der Waals surface area contributed by atoms with Crippen molar-refractivity contribution in [3.8, 4) is 0 Å². The third-order valence-corrected chi connectivity index (χ3v) is 6.20. The Kier molecular flexibility index (Phi) is 10.4. The SMILES string of the molecule is CCOC(=O)CC1CCCC(CC(=O)Nc2c(Cl)ncnc2NCc2ncccc2F)N1C(=O)OC(C)(C)C. The van der Waals surface area contributed by atoms with Crippen LogP contribution in [0.4, 0.5) is 20.7 Å². The number of pyridine rings is 1. The molecular weight excluding hydrogens is 531 g/mol. The zero-order chi connectivity index (χ0) is 28.6. The van der Waals surface area contributed by atoms with Gasteiger partial charge in [-0.25, -0.2) is 19.2 Å². The average Bonchev–Trinajstić information content (AvgIpc) is 2.84. The van der Waals surface area contributed by atoms with Gasteiger partial charge in [0.05, 0.1) is 25.3 Å². The van der Waals surface area contributed by atoms with Gasteiger partial charge in [-0.1, -0.05) is 11.6 Å². The highest BCUT2D eigenvalue weighted by molar-refractivity contribution is 6.33. The molecule has 1 saturated heterocycles. The summed E-state index contributed by atoms with van der Waals surface area (Å²) in [6.07, 6.45) is 3.81. The predicted octanol–water partition coefficient (Wildman–Crippen LogP) is 4.72. The molecule has 212 valence electrons. The van der Waals surface area contributed by atoms with Crippen molar-refractivity contribution in [2.45, 2.75) is 84.0 Å². The van der Waals surface area contributed by atoms with Gasteiger partial charge in [0.1, 0.15) is 23.4 Å². The number of likely N-dealkylation sites (tertiary alicyclic amines) is 1. The maximum atomic E-state index is 14.0. The molecule has 39 heavy (non-hydrogen) atoms. The van der Waals surface area contributed by atoms with E-state index in [0.717, 1.165) is 0 Å². The third-order valence-electron chi connectivity index (χ3n) is 5.92. The minimum Gasteiger partial charge on any atom is -0.466 e. The molecule has 11 nitrogen and oxygen atoms in total. The number of amides is 2. The van der Waals surface area contributed by atoms with Crippen LogP contribution in [0.25, 0.3) is 0 Å². The minimum atomic E-state index is -0.766. The van der Waals surface area contributed by atoms with E-state index in [-0.39, 0.29) is 48.3 Å². The predicted molar refractivity (Wildman–Crippen MR) is 143 cm³/mol. The molecular formula is C26H34ClFN6O5. The number of hydrogen-bond acceptors (Lipinski definition) is 9. The average molecular weight is 565 g/mol. The van der Waals surface area contributed by atoms with E-state index in [1.807, 2.05) is 0 Å². The number of carbonyl (C=O) groups excluding carboxylic acids is 3. The highest BCUT2D eigenvalue weighted by atomic mass is 35.5. The van der Waals surface area contributed by atoms with Gasteiger partial charge in [0.2, 0.25) is 5.91 Å². The quantitative estimate of drug-likeness (QED) is 0.327. The van der Waals surface area contributed by atoms with Crippen molar-refractivity contribution in [1.29, 1.82) is 0 Å². The number of nitrogens with one attached hydrogen (secondary N) is 2. The fourth-order valence-corrected chi connectivity index (χ4v) is 4.50. The summed E-state index contributed by atoms with van der Waals surface area (Å²) in [6, 6.07) is 1.76. The maximum Gasteiger partial charge on any atom is 0.410 e. The van der Waals surface area contributed by atoms with E-state index in [9.17, 15) is 18.8 Å². The zero-order valence-electron chi connectivity index (χ0n) is 22.5. The van der Waals surface area contributed by atoms with Gasteiger partial charge in [-0.05, 0) is 59.1 Å². The van der Waals surface area contributed by atoms with E-state index in [2.05, 4.69) is 25.6 Å². The second-order valence-corrected chi connectivity index (χ2v) is 10.4. The van der Waals surface area contributed by atoms with Crippen molar-refractivity contribution in [3.05, 3.63) is 41.3 Å². The fourth-order valence-electron chi connectivity index (χ4n) is 4.32. The first kappa shape index (κ1) is 30.0. The second kappa shape index (κ2) is 13.5. The maximum absolute atomic E-state index is 14.0. The number of nitrogens with zero attached hydrogens (tertiary/aromatic N) is 4. The summed E-state index contributed by atoms with van der Waals surface area (Å²) in [5, 5.41) is 5.62. The number of ether oxygens (including phenoxy) is 2. The lowest BCUT2D eigenvalue weighted by Gasteiger charge is -2.42. The molecule has 0 aromatic carbocycles. The van der Waals surface area contributed by atoms with Gasteiger partial charge in [0.25, 0.3) is 0 Å². The van der Waals surface area contributed by atoms with Crippen molar-refractivity contribution >= 4 is 41.1 Å². The molecule has 13 heteroatoms. The van der Waals surface area contributed by atoms with E-state index in [1.54, 1.807) is 27.7 Å². The van der Waals surface area contributed by atoms with Crippen LogP contribution in [0.1, 0.15) is 65.5 Å². The van der Waals surface area contributed by atoms with Crippen LogP contribution in [0.2, 0.25) is 5.15 Å². The third kappa shape index (κ3) is 8.74. The van der Waals surface area contributed by atoms with Crippen molar-refractivity contribution < 1.29 is 28.2 Å². The summed E-state index contributed by atoms with van der Waals surface area (Å²) >= 11 is 6.26. The van der Waals surface area contributed by atoms with Gasteiger partial charge < -0.3 is 25.0 Å². The van der Waals surface area contributed by atoms with Gasteiger partial charge in [-0.3, -0.25) is 14.6 Å². The Morgan fingerprint density at radius 2 is 1.87 bits per heavy atom. The number of anilines is 2. The monoisotopic (exact) mass is 564 g/mol. The normalized spacial score (nSPS) is 17.3. The van der Waals surface area contributed by atoms with Crippen LogP contribution in [0, 0.1) is 5.82 Å². The smallest absolute Gasteiger partial charge is 0.410 e. The minimum absolute atomic E-state index is 0.00169. The molecule has 2 N–H and O–H groups in total. The topological polar surface area (TPSA) is 136 Å². The van der Waals surface area contributed by atoms with Crippen LogP contribution in [0.15, 0.2) is 24.7 Å². The molecule has 1 aliphatic heterocycles. The Morgan fingerprint density at radius 1 is 1.15 bits per heavy atom. The van der Waals surface area contributed by atoms with E-state index in [0.29, 0.717) is 19.3 Å². The molecule has 0 aliphatic carbocycles. The van der Waals surface area contributed by atoms with Crippen molar-refractivity contribution in [3.63, 3.8) is 0 Å². The lowest BCUT2D eigenvalue weighted by molar-refractivity contribution is -0.145. The number of esters is 1. The first-order valence-corrected chi connectivity index (χ1v) is 13.2. The van der Waals surface area contributed by atoms with Crippen molar-refractivity contribution in [1.82, 2.24) is 19.9 Å². The van der Waals surface area contributed by atoms with Crippen molar-refractivity contribution in [2.75, 3.05) is 17.2 Å². The Hall–Kier alpha value is -3.54. The molecule has 0 spiro atoms. The molecule has 2 aromatic heterocycles. The van der Waals surface area contributed by atoms with E-state index in [4.69, 9.17) is 21.1 Å². The molecule has 0 bridgehead atoms. The Balaban J connectivity index is 1.76. The van der Waals surface area contributed by atoms with E-state index in [1.165, 1.54) is 29.6 Å². The van der Waals surface area contributed by atoms with Gasteiger partial charge in [0, 0.05) is 24.7 Å². The largest absolute Gasteiger partial charge is 0.466 e. The van der Waals surface area contributed by atoms with Gasteiger partial charge in [0.15, 0.2) is 11.0 Å². The summed E-state index contributed by atoms with van der Waals surface area (Å²) in [7, 11) is 0. The summed E-state index contributed by atoms with van der Waals surface area (Å²) in [5.41, 5.74) is -0.492. The van der Waals surface area contributed by atoms with Gasteiger partial charge >= 0.3 is 12.1 Å². The fraction of sp³-hybridized carbons (Fsp3) is 0.538. The summed E-state index contributed by atoms with van der Waals surface area (Å²) in [5.74, 6) is -1.18. The highest BCUT2D eigenvalue weighted by Crippen LogP contribution is 2.31. The summed E-state index contributed by atoms with van der Waals surface area (Å²) in [4.78, 5) is 52.2. The number of rotatable bonds is 9. The van der Waals surface area contributed by atoms with E-state index < -0.39 is 41.5 Å². The van der Waals surface area contributed by atoms with Gasteiger partial charge in [-0.2, -0.15) is 0 Å². The van der Waals surface area contributed by atoms with Crippen LogP contribution in [-0.4, -0.2) is 62.1 Å². The lowest BCUT2D eigenvalue weighted by Crippen LogP contribution is -2.53. The van der Waals surface area contributed by atoms with Gasteiger partial charge in [-0.15, -0.1) is 0 Å². The summed E-state index contributed by atoms with van der Waals surface area (Å²) < 4.78 is 24.7. The number of piperidine rings is 1. The van der Waals surface area contributed by atoms with Crippen LogP contribution in [0.5, 0.6) is 0 Å². The molecule has 2 aromatic rings.